The Hall–Kier alpha value is -1.10. The Kier molecular flexibility index (Phi) is 8.55. The number of rotatable bonds is 7. The quantitative estimate of drug-likeness (QED) is 0.760. The predicted octanol–water partition coefficient (Wildman–Crippen LogP) is 2.83. The molecule has 0 saturated carbocycles. The minimum atomic E-state index is -0.564. The molecule has 0 aliphatic heterocycles. The van der Waals surface area contributed by atoms with Gasteiger partial charge in [0.2, 0.25) is 0 Å². The number of halogens is 1. The first-order valence-corrected chi connectivity index (χ1v) is 7.01. The van der Waals surface area contributed by atoms with E-state index in [-0.39, 0.29) is 30.3 Å². The van der Waals surface area contributed by atoms with E-state index in [1.807, 2.05) is 27.7 Å². The van der Waals surface area contributed by atoms with Crippen molar-refractivity contribution >= 4 is 18.2 Å². The van der Waals surface area contributed by atoms with Crippen molar-refractivity contribution in [3.8, 4) is 5.75 Å². The molecule has 5 heteroatoms. The summed E-state index contributed by atoms with van der Waals surface area (Å²) < 4.78 is 5.50. The van der Waals surface area contributed by atoms with Gasteiger partial charge in [0.05, 0.1) is 0 Å². The fourth-order valence-corrected chi connectivity index (χ4v) is 1.62. The Morgan fingerprint density at radius 1 is 1.29 bits per heavy atom. The maximum absolute atomic E-state index is 11.5. The van der Waals surface area contributed by atoms with Gasteiger partial charge in [0.25, 0.3) is 0 Å². The Morgan fingerprint density at radius 2 is 1.86 bits per heavy atom. The summed E-state index contributed by atoms with van der Waals surface area (Å²) in [6.07, 6.45) is -0.0663. The SMILES string of the molecule is CCC(=O)c1ccc(OCC(O)CNC(C)(C)C)cc1.Cl. The smallest absolute Gasteiger partial charge is 0.162 e. The van der Waals surface area contributed by atoms with E-state index in [0.717, 1.165) is 0 Å². The molecule has 0 aromatic heterocycles. The maximum atomic E-state index is 11.5. The number of aliphatic hydroxyl groups is 1. The van der Waals surface area contributed by atoms with Crippen molar-refractivity contribution in [2.24, 2.45) is 0 Å². The first kappa shape index (κ1) is 19.9. The lowest BCUT2D eigenvalue weighted by Crippen LogP contribution is -2.42. The number of ketones is 1. The van der Waals surface area contributed by atoms with Crippen molar-refractivity contribution in [3.63, 3.8) is 0 Å². The van der Waals surface area contributed by atoms with E-state index in [1.165, 1.54) is 0 Å². The highest BCUT2D eigenvalue weighted by molar-refractivity contribution is 5.95. The number of aliphatic hydroxyl groups excluding tert-OH is 1. The topological polar surface area (TPSA) is 58.6 Å². The molecule has 0 fully saturated rings. The lowest BCUT2D eigenvalue weighted by atomic mass is 10.1. The van der Waals surface area contributed by atoms with Gasteiger partial charge in [0.1, 0.15) is 18.5 Å². The number of Topliss-reactive ketones (excluding diaryl/α,β-unsaturated/α-hetero) is 1. The van der Waals surface area contributed by atoms with E-state index < -0.39 is 6.10 Å². The molecule has 1 rings (SSSR count). The molecule has 0 aliphatic rings. The minimum Gasteiger partial charge on any atom is -0.491 e. The molecule has 0 bridgehead atoms. The molecular weight excluding hydrogens is 290 g/mol. The van der Waals surface area contributed by atoms with Crippen molar-refractivity contribution in [1.82, 2.24) is 5.32 Å². The molecule has 0 spiro atoms. The summed E-state index contributed by atoms with van der Waals surface area (Å²) in [5.41, 5.74) is 0.665. The van der Waals surface area contributed by atoms with Crippen LogP contribution in [0.4, 0.5) is 0 Å². The highest BCUT2D eigenvalue weighted by Gasteiger charge is 2.12. The Labute approximate surface area is 133 Å². The third kappa shape index (κ3) is 8.05. The first-order chi connectivity index (χ1) is 9.31. The Balaban J connectivity index is 0.00000400. The molecular formula is C16H26ClNO3. The van der Waals surface area contributed by atoms with Crippen LogP contribution < -0.4 is 10.1 Å². The van der Waals surface area contributed by atoms with Crippen LogP contribution in [0.15, 0.2) is 24.3 Å². The van der Waals surface area contributed by atoms with Gasteiger partial charge in [-0.1, -0.05) is 6.92 Å². The molecule has 0 heterocycles. The van der Waals surface area contributed by atoms with Crippen LogP contribution in [0.5, 0.6) is 5.75 Å². The average molecular weight is 316 g/mol. The molecule has 120 valence electrons. The second-order valence-corrected chi connectivity index (χ2v) is 5.90. The van der Waals surface area contributed by atoms with Crippen molar-refractivity contribution in [3.05, 3.63) is 29.8 Å². The van der Waals surface area contributed by atoms with E-state index in [4.69, 9.17) is 4.74 Å². The van der Waals surface area contributed by atoms with Crippen molar-refractivity contribution in [2.75, 3.05) is 13.2 Å². The van der Waals surface area contributed by atoms with Crippen LogP contribution in [0, 0.1) is 0 Å². The van der Waals surface area contributed by atoms with Gasteiger partial charge in [-0.15, -0.1) is 12.4 Å². The summed E-state index contributed by atoms with van der Waals surface area (Å²) in [7, 11) is 0. The molecule has 4 nitrogen and oxygen atoms in total. The number of nitrogens with one attached hydrogen (secondary N) is 1. The predicted molar refractivity (Wildman–Crippen MR) is 87.6 cm³/mol. The summed E-state index contributed by atoms with van der Waals surface area (Å²) in [5, 5.41) is 13.0. The lowest BCUT2D eigenvalue weighted by molar-refractivity contribution is 0.0983. The monoisotopic (exact) mass is 315 g/mol. The summed E-state index contributed by atoms with van der Waals surface area (Å²) in [6.45, 7) is 8.68. The maximum Gasteiger partial charge on any atom is 0.162 e. The number of benzene rings is 1. The van der Waals surface area contributed by atoms with Gasteiger partial charge in [-0.05, 0) is 45.0 Å². The largest absolute Gasteiger partial charge is 0.491 e. The van der Waals surface area contributed by atoms with Crippen LogP contribution in [-0.2, 0) is 0 Å². The first-order valence-electron chi connectivity index (χ1n) is 7.01. The minimum absolute atomic E-state index is 0. The van der Waals surface area contributed by atoms with Crippen LogP contribution in [0.2, 0.25) is 0 Å². The van der Waals surface area contributed by atoms with Gasteiger partial charge in [-0.3, -0.25) is 4.79 Å². The standard InChI is InChI=1S/C16H25NO3.ClH/c1-5-15(19)12-6-8-14(9-7-12)20-11-13(18)10-17-16(2,3)4;/h6-9,13,17-18H,5,10-11H2,1-4H3;1H. The van der Waals surface area contributed by atoms with Crippen molar-refractivity contribution in [1.29, 1.82) is 0 Å². The average Bonchev–Trinajstić information content (AvgIpc) is 2.41. The van der Waals surface area contributed by atoms with Crippen LogP contribution in [0.25, 0.3) is 0 Å². The third-order valence-electron chi connectivity index (χ3n) is 2.81. The van der Waals surface area contributed by atoms with Gasteiger partial charge in [0.15, 0.2) is 5.78 Å². The van der Waals surface area contributed by atoms with Gasteiger partial charge in [-0.2, -0.15) is 0 Å². The van der Waals surface area contributed by atoms with Gasteiger partial charge in [0, 0.05) is 24.1 Å². The summed E-state index contributed by atoms with van der Waals surface area (Å²) in [5.74, 6) is 0.776. The summed E-state index contributed by atoms with van der Waals surface area (Å²) in [6, 6.07) is 7.02. The molecule has 2 N–H and O–H groups in total. The number of ether oxygens (including phenoxy) is 1. The fraction of sp³-hybridized carbons (Fsp3) is 0.562. The second kappa shape index (κ2) is 9.03. The zero-order chi connectivity index (χ0) is 15.2. The van der Waals surface area contributed by atoms with Crippen molar-refractivity contribution < 1.29 is 14.6 Å². The van der Waals surface area contributed by atoms with E-state index in [0.29, 0.717) is 24.3 Å². The van der Waals surface area contributed by atoms with Gasteiger partial charge >= 0.3 is 0 Å². The molecule has 1 aromatic rings. The lowest BCUT2D eigenvalue weighted by Gasteiger charge is -2.22. The molecule has 1 atom stereocenters. The summed E-state index contributed by atoms with van der Waals surface area (Å²) >= 11 is 0. The van der Waals surface area contributed by atoms with Crippen LogP contribution in [-0.4, -0.2) is 35.7 Å². The van der Waals surface area contributed by atoms with Gasteiger partial charge in [-0.25, -0.2) is 0 Å². The highest BCUT2D eigenvalue weighted by Crippen LogP contribution is 2.13. The number of hydrogen-bond acceptors (Lipinski definition) is 4. The van der Waals surface area contributed by atoms with E-state index >= 15 is 0 Å². The Morgan fingerprint density at radius 3 is 2.33 bits per heavy atom. The number of carbonyl (C=O) groups excluding carboxylic acids is 1. The molecule has 0 amide bonds. The van der Waals surface area contributed by atoms with Crippen LogP contribution in [0.3, 0.4) is 0 Å². The number of β-amino-alcohol motifs (C(OH)–C–C–N with tert-alkyl or cyclic N) is 1. The zero-order valence-corrected chi connectivity index (χ0v) is 14.0. The fourth-order valence-electron chi connectivity index (χ4n) is 1.62. The zero-order valence-electron chi connectivity index (χ0n) is 13.2. The molecule has 0 aliphatic carbocycles. The second-order valence-electron chi connectivity index (χ2n) is 5.90. The Bertz CT molecular complexity index is 426. The third-order valence-corrected chi connectivity index (χ3v) is 2.81. The highest BCUT2D eigenvalue weighted by atomic mass is 35.5. The molecule has 1 unspecified atom stereocenters. The number of hydrogen-bond donors (Lipinski definition) is 2. The molecule has 0 saturated heterocycles. The van der Waals surface area contributed by atoms with E-state index in [1.54, 1.807) is 24.3 Å². The summed E-state index contributed by atoms with van der Waals surface area (Å²) in [4.78, 5) is 11.5. The normalized spacial score (nSPS) is 12.4. The molecule has 1 aromatic carbocycles. The van der Waals surface area contributed by atoms with Crippen LogP contribution >= 0.6 is 12.4 Å². The van der Waals surface area contributed by atoms with E-state index in [9.17, 15) is 9.90 Å². The number of carbonyl (C=O) groups is 1. The van der Waals surface area contributed by atoms with E-state index in [2.05, 4.69) is 5.32 Å². The van der Waals surface area contributed by atoms with Crippen LogP contribution in [0.1, 0.15) is 44.5 Å². The van der Waals surface area contributed by atoms with Gasteiger partial charge < -0.3 is 15.2 Å². The molecule has 21 heavy (non-hydrogen) atoms. The van der Waals surface area contributed by atoms with Crippen molar-refractivity contribution in [2.45, 2.75) is 45.8 Å². The molecule has 0 radical (unpaired) electrons.